The number of anilines is 1. The lowest BCUT2D eigenvalue weighted by Crippen LogP contribution is -2.20. The molecule has 4 nitrogen and oxygen atoms in total. The third kappa shape index (κ3) is 6.01. The first-order valence-corrected chi connectivity index (χ1v) is 9.48. The summed E-state index contributed by atoms with van der Waals surface area (Å²) in [5, 5.41) is 2.79. The number of nitrogens with one attached hydrogen (secondary N) is 1. The zero-order valence-electron chi connectivity index (χ0n) is 14.6. The molecule has 0 heterocycles. The summed E-state index contributed by atoms with van der Waals surface area (Å²) >= 11 is 1.47. The van der Waals surface area contributed by atoms with Crippen molar-refractivity contribution in [3.8, 4) is 5.75 Å². The van der Waals surface area contributed by atoms with Crippen molar-refractivity contribution in [2.75, 3.05) is 17.7 Å². The second kappa shape index (κ2) is 9.59. The van der Waals surface area contributed by atoms with E-state index in [-0.39, 0.29) is 18.3 Å². The second-order valence-corrected chi connectivity index (χ2v) is 6.80. The van der Waals surface area contributed by atoms with E-state index in [0.29, 0.717) is 22.8 Å². The van der Waals surface area contributed by atoms with Crippen LogP contribution in [0.15, 0.2) is 89.8 Å². The molecule has 3 rings (SSSR count). The molecule has 0 fully saturated rings. The summed E-state index contributed by atoms with van der Waals surface area (Å²) in [7, 11) is 0. The largest absolute Gasteiger partial charge is 0.484 e. The number of hydrogen-bond acceptors (Lipinski definition) is 4. The van der Waals surface area contributed by atoms with Gasteiger partial charge in [0.2, 0.25) is 0 Å². The molecule has 0 aromatic heterocycles. The van der Waals surface area contributed by atoms with Crippen LogP contribution in [0.2, 0.25) is 0 Å². The molecule has 0 spiro atoms. The number of hydrogen-bond donors (Lipinski definition) is 1. The van der Waals surface area contributed by atoms with Crippen LogP contribution in [0.3, 0.4) is 0 Å². The minimum absolute atomic E-state index is 0.0495. The summed E-state index contributed by atoms with van der Waals surface area (Å²) in [6, 6.07) is 25.8. The van der Waals surface area contributed by atoms with E-state index in [1.807, 2.05) is 72.8 Å². The van der Waals surface area contributed by atoms with Gasteiger partial charge >= 0.3 is 0 Å². The van der Waals surface area contributed by atoms with Gasteiger partial charge < -0.3 is 10.1 Å². The Morgan fingerprint density at radius 2 is 1.44 bits per heavy atom. The van der Waals surface area contributed by atoms with Crippen molar-refractivity contribution in [3.63, 3.8) is 0 Å². The van der Waals surface area contributed by atoms with Gasteiger partial charge in [-0.15, -0.1) is 11.8 Å². The topological polar surface area (TPSA) is 55.4 Å². The van der Waals surface area contributed by atoms with E-state index in [1.54, 1.807) is 12.1 Å². The molecule has 1 N–H and O–H groups in total. The molecule has 0 aliphatic carbocycles. The lowest BCUT2D eigenvalue weighted by atomic mass is 10.2. The van der Waals surface area contributed by atoms with Crippen LogP contribution in [-0.4, -0.2) is 24.1 Å². The van der Waals surface area contributed by atoms with Crippen LogP contribution < -0.4 is 10.1 Å². The van der Waals surface area contributed by atoms with Crippen molar-refractivity contribution in [3.05, 3.63) is 90.5 Å². The first-order valence-electron chi connectivity index (χ1n) is 8.49. The van der Waals surface area contributed by atoms with E-state index in [2.05, 4.69) is 5.32 Å². The maximum Gasteiger partial charge on any atom is 0.262 e. The third-order valence-corrected chi connectivity index (χ3v) is 4.73. The van der Waals surface area contributed by atoms with Crippen LogP contribution in [0.25, 0.3) is 0 Å². The van der Waals surface area contributed by atoms with Gasteiger partial charge in [0.25, 0.3) is 5.91 Å². The highest BCUT2D eigenvalue weighted by atomic mass is 32.2. The lowest BCUT2D eigenvalue weighted by molar-refractivity contribution is -0.118. The zero-order chi connectivity index (χ0) is 18.9. The van der Waals surface area contributed by atoms with Crippen LogP contribution in [0, 0.1) is 0 Å². The number of carbonyl (C=O) groups excluding carboxylic acids is 2. The predicted octanol–water partition coefficient (Wildman–Crippen LogP) is 4.68. The summed E-state index contributed by atoms with van der Waals surface area (Å²) in [5.41, 5.74) is 1.41. The number of amides is 1. The molecule has 1 amide bonds. The number of ketones is 1. The van der Waals surface area contributed by atoms with Gasteiger partial charge in [-0.2, -0.15) is 0 Å². The van der Waals surface area contributed by atoms with E-state index in [1.165, 1.54) is 11.8 Å². The fraction of sp³-hybridized carbons (Fsp3) is 0.0909. The molecule has 0 saturated heterocycles. The average Bonchev–Trinajstić information content (AvgIpc) is 2.73. The predicted molar refractivity (Wildman–Crippen MR) is 109 cm³/mol. The number of thioether (sulfide) groups is 1. The van der Waals surface area contributed by atoms with Gasteiger partial charge in [0, 0.05) is 16.1 Å². The van der Waals surface area contributed by atoms with Crippen molar-refractivity contribution in [2.45, 2.75) is 4.90 Å². The summed E-state index contributed by atoms with van der Waals surface area (Å²) in [6.45, 7) is -0.0495. The van der Waals surface area contributed by atoms with E-state index >= 15 is 0 Å². The molecule has 0 aliphatic rings. The summed E-state index contributed by atoms with van der Waals surface area (Å²) in [6.07, 6.45) is 0. The monoisotopic (exact) mass is 377 g/mol. The maximum atomic E-state index is 12.1. The molecule has 3 aromatic carbocycles. The van der Waals surface area contributed by atoms with Crippen LogP contribution in [-0.2, 0) is 4.79 Å². The van der Waals surface area contributed by atoms with Crippen molar-refractivity contribution in [1.82, 2.24) is 0 Å². The van der Waals surface area contributed by atoms with Gasteiger partial charge in [-0.1, -0.05) is 48.5 Å². The van der Waals surface area contributed by atoms with Gasteiger partial charge in [0.1, 0.15) is 5.75 Å². The van der Waals surface area contributed by atoms with Crippen LogP contribution in [0.5, 0.6) is 5.75 Å². The molecule has 3 aromatic rings. The van der Waals surface area contributed by atoms with Gasteiger partial charge in [0.05, 0.1) is 5.75 Å². The molecule has 0 atom stereocenters. The number of benzene rings is 3. The summed E-state index contributed by atoms with van der Waals surface area (Å²) in [4.78, 5) is 25.1. The van der Waals surface area contributed by atoms with Crippen molar-refractivity contribution in [1.29, 1.82) is 0 Å². The first kappa shape index (κ1) is 18.7. The number of para-hydroxylation sites is 1. The minimum Gasteiger partial charge on any atom is -0.484 e. The maximum absolute atomic E-state index is 12.1. The number of Topliss-reactive ketones (excluding diaryl/α,β-unsaturated/α-hetero) is 1. The van der Waals surface area contributed by atoms with Crippen LogP contribution >= 0.6 is 11.8 Å². The van der Waals surface area contributed by atoms with Gasteiger partial charge in [0.15, 0.2) is 12.4 Å². The smallest absolute Gasteiger partial charge is 0.262 e. The van der Waals surface area contributed by atoms with Crippen molar-refractivity contribution < 1.29 is 14.3 Å². The Kier molecular flexibility index (Phi) is 6.66. The van der Waals surface area contributed by atoms with Crippen molar-refractivity contribution in [2.24, 2.45) is 0 Å². The average molecular weight is 377 g/mol. The zero-order valence-corrected chi connectivity index (χ0v) is 15.4. The van der Waals surface area contributed by atoms with Gasteiger partial charge in [-0.05, 0) is 36.4 Å². The molecule has 0 aliphatic heterocycles. The van der Waals surface area contributed by atoms with E-state index in [0.717, 1.165) is 4.90 Å². The molecule has 136 valence electrons. The highest BCUT2D eigenvalue weighted by Crippen LogP contribution is 2.21. The molecule has 5 heteroatoms. The van der Waals surface area contributed by atoms with Gasteiger partial charge in [-0.3, -0.25) is 9.59 Å². The third-order valence-electron chi connectivity index (χ3n) is 3.72. The fourth-order valence-electron chi connectivity index (χ4n) is 2.35. The first-order chi connectivity index (χ1) is 13.2. The molecular weight excluding hydrogens is 358 g/mol. The van der Waals surface area contributed by atoms with Gasteiger partial charge in [-0.25, -0.2) is 0 Å². The Morgan fingerprint density at radius 1 is 0.815 bits per heavy atom. The molecule has 0 radical (unpaired) electrons. The fourth-order valence-corrected chi connectivity index (χ4v) is 3.15. The minimum atomic E-state index is -0.224. The quantitative estimate of drug-likeness (QED) is 0.457. The van der Waals surface area contributed by atoms with E-state index < -0.39 is 0 Å². The Bertz CT molecular complexity index is 880. The Balaban J connectivity index is 1.45. The standard InChI is InChI=1S/C22H19NO3S/c24-21(17-7-3-1-4-8-17)16-27-20-13-11-18(12-14-20)23-22(25)15-26-19-9-5-2-6-10-19/h1-14H,15-16H2,(H,23,25). The Morgan fingerprint density at radius 3 is 2.11 bits per heavy atom. The molecule has 0 bridgehead atoms. The van der Waals surface area contributed by atoms with Crippen LogP contribution in [0.1, 0.15) is 10.4 Å². The van der Waals surface area contributed by atoms with E-state index in [9.17, 15) is 9.59 Å². The number of carbonyl (C=O) groups is 2. The van der Waals surface area contributed by atoms with E-state index in [4.69, 9.17) is 4.74 Å². The van der Waals surface area contributed by atoms with Crippen LogP contribution in [0.4, 0.5) is 5.69 Å². The summed E-state index contributed by atoms with van der Waals surface area (Å²) < 4.78 is 5.42. The highest BCUT2D eigenvalue weighted by molar-refractivity contribution is 8.00. The highest BCUT2D eigenvalue weighted by Gasteiger charge is 2.07. The summed E-state index contributed by atoms with van der Waals surface area (Å²) in [5.74, 6) is 0.901. The number of rotatable bonds is 8. The Labute approximate surface area is 162 Å². The molecular formula is C22H19NO3S. The molecule has 0 saturated carbocycles. The molecule has 0 unspecified atom stereocenters. The molecule has 27 heavy (non-hydrogen) atoms. The SMILES string of the molecule is O=C(COc1ccccc1)Nc1ccc(SCC(=O)c2ccccc2)cc1. The Hall–Kier alpha value is -3.05. The second-order valence-electron chi connectivity index (χ2n) is 5.75. The lowest BCUT2D eigenvalue weighted by Gasteiger charge is -2.08. The van der Waals surface area contributed by atoms with Crippen molar-refractivity contribution >= 4 is 29.1 Å². The normalized spacial score (nSPS) is 10.2. The number of ether oxygens (including phenoxy) is 1.